The van der Waals surface area contributed by atoms with E-state index in [9.17, 15) is 31.1 Å². The molecule has 0 amide bonds. The van der Waals surface area contributed by atoms with Crippen LogP contribution in [0.3, 0.4) is 0 Å². The van der Waals surface area contributed by atoms with Gasteiger partial charge in [0.1, 0.15) is 0 Å². The molecule has 0 aliphatic rings. The Morgan fingerprint density at radius 1 is 0.905 bits per heavy atom. The number of halogens is 6. The number of hydrogen-bond donors (Lipinski definition) is 0. The van der Waals surface area contributed by atoms with Gasteiger partial charge in [-0.15, -0.1) is 0 Å². The number of hydrogen-bond acceptors (Lipinski definition) is 1. The lowest BCUT2D eigenvalue weighted by atomic mass is 10.1. The van der Waals surface area contributed by atoms with Crippen molar-refractivity contribution in [2.75, 3.05) is 0 Å². The fraction of sp³-hybridized carbons (Fsp3) is 0.154. The second-order valence-corrected chi connectivity index (χ2v) is 4.18. The summed E-state index contributed by atoms with van der Waals surface area (Å²) in [6, 6.07) is 3.77. The number of aromatic nitrogens is 1. The molecular formula is C13H7F6NO. The molecule has 1 heterocycles. The van der Waals surface area contributed by atoms with Gasteiger partial charge in [-0.1, -0.05) is 0 Å². The maximum atomic E-state index is 12.7. The van der Waals surface area contributed by atoms with E-state index < -0.39 is 23.5 Å². The summed E-state index contributed by atoms with van der Waals surface area (Å²) in [5, 5.41) is 0. The maximum Gasteiger partial charge on any atom is 0.416 e. The molecule has 0 fully saturated rings. The summed E-state index contributed by atoms with van der Waals surface area (Å²) >= 11 is 0. The van der Waals surface area contributed by atoms with Crippen LogP contribution in [0, 0.1) is 0 Å². The van der Waals surface area contributed by atoms with Crippen LogP contribution in [-0.4, -0.2) is 10.9 Å². The van der Waals surface area contributed by atoms with Gasteiger partial charge in [-0.2, -0.15) is 26.3 Å². The van der Waals surface area contributed by atoms with Crippen molar-refractivity contribution in [2.24, 2.45) is 0 Å². The fourth-order valence-electron chi connectivity index (χ4n) is 1.80. The quantitative estimate of drug-likeness (QED) is 0.598. The van der Waals surface area contributed by atoms with Gasteiger partial charge in [-0.3, -0.25) is 4.79 Å². The molecule has 2 aromatic rings. The number of rotatable bonds is 2. The van der Waals surface area contributed by atoms with Gasteiger partial charge in [0, 0.05) is 11.9 Å². The van der Waals surface area contributed by atoms with Gasteiger partial charge in [0.25, 0.3) is 0 Å². The first-order valence-electron chi connectivity index (χ1n) is 5.55. The SMILES string of the molecule is O=Cc1cccn1-c1cc(C(F)(F)F)cc(C(F)(F)F)c1. The molecule has 0 spiro atoms. The monoisotopic (exact) mass is 307 g/mol. The van der Waals surface area contributed by atoms with E-state index in [1.807, 2.05) is 0 Å². The zero-order chi connectivity index (χ0) is 15.8. The number of nitrogens with zero attached hydrogens (tertiary/aromatic N) is 1. The highest BCUT2D eigenvalue weighted by molar-refractivity contribution is 5.73. The summed E-state index contributed by atoms with van der Waals surface area (Å²) in [5.41, 5.74) is -3.30. The third kappa shape index (κ3) is 3.09. The van der Waals surface area contributed by atoms with E-state index in [1.165, 1.54) is 18.3 Å². The van der Waals surface area contributed by atoms with Gasteiger partial charge in [0.2, 0.25) is 0 Å². The molecule has 2 rings (SSSR count). The second kappa shape index (κ2) is 4.94. The first-order chi connectivity index (χ1) is 9.63. The van der Waals surface area contributed by atoms with Crippen molar-refractivity contribution < 1.29 is 31.1 Å². The Balaban J connectivity index is 2.69. The fourth-order valence-corrected chi connectivity index (χ4v) is 1.80. The summed E-state index contributed by atoms with van der Waals surface area (Å²) in [7, 11) is 0. The number of alkyl halides is 6. The zero-order valence-electron chi connectivity index (χ0n) is 10.2. The van der Waals surface area contributed by atoms with Crippen LogP contribution in [0.1, 0.15) is 21.6 Å². The lowest BCUT2D eigenvalue weighted by Crippen LogP contribution is -2.12. The smallest absolute Gasteiger partial charge is 0.314 e. The van der Waals surface area contributed by atoms with Gasteiger partial charge < -0.3 is 4.57 Å². The van der Waals surface area contributed by atoms with Crippen LogP contribution in [0.4, 0.5) is 26.3 Å². The summed E-state index contributed by atoms with van der Waals surface area (Å²) in [6.07, 6.45) is -8.30. The molecule has 0 aliphatic heterocycles. The highest BCUT2D eigenvalue weighted by Gasteiger charge is 2.37. The summed E-state index contributed by atoms with van der Waals surface area (Å²) in [4.78, 5) is 10.8. The van der Waals surface area contributed by atoms with Crippen LogP contribution in [0.2, 0.25) is 0 Å². The molecule has 0 radical (unpaired) electrons. The first kappa shape index (κ1) is 15.1. The van der Waals surface area contributed by atoms with Crippen molar-refractivity contribution >= 4 is 6.29 Å². The standard InChI is InChI=1S/C13H7F6NO/c14-12(15,16)8-4-9(13(17,18)19)6-11(5-8)20-3-1-2-10(20)7-21/h1-7H. The van der Waals surface area contributed by atoms with E-state index in [1.54, 1.807) is 0 Å². The van der Waals surface area contributed by atoms with Crippen LogP contribution >= 0.6 is 0 Å². The van der Waals surface area contributed by atoms with Crippen LogP contribution in [-0.2, 0) is 12.4 Å². The lowest BCUT2D eigenvalue weighted by molar-refractivity contribution is -0.143. The van der Waals surface area contributed by atoms with Gasteiger partial charge in [0.15, 0.2) is 6.29 Å². The highest BCUT2D eigenvalue weighted by atomic mass is 19.4. The average Bonchev–Trinajstić information content (AvgIpc) is 2.84. The number of carbonyl (C=O) groups excluding carboxylic acids is 1. The minimum absolute atomic E-state index is 0.0353. The molecule has 1 aromatic carbocycles. The molecule has 0 N–H and O–H groups in total. The molecule has 0 unspecified atom stereocenters. The average molecular weight is 307 g/mol. The van der Waals surface area contributed by atoms with Crippen molar-refractivity contribution in [1.82, 2.24) is 4.57 Å². The Bertz CT molecular complexity index is 636. The van der Waals surface area contributed by atoms with Crippen molar-refractivity contribution in [2.45, 2.75) is 12.4 Å². The molecular weight excluding hydrogens is 300 g/mol. The lowest BCUT2D eigenvalue weighted by Gasteiger charge is -2.15. The Morgan fingerprint density at radius 3 is 1.86 bits per heavy atom. The molecule has 1 aromatic heterocycles. The van der Waals surface area contributed by atoms with Crippen LogP contribution in [0.5, 0.6) is 0 Å². The zero-order valence-corrected chi connectivity index (χ0v) is 10.2. The van der Waals surface area contributed by atoms with Gasteiger partial charge in [-0.05, 0) is 30.3 Å². The van der Waals surface area contributed by atoms with Crippen molar-refractivity contribution in [3.63, 3.8) is 0 Å². The van der Waals surface area contributed by atoms with E-state index in [-0.39, 0.29) is 17.4 Å². The minimum Gasteiger partial charge on any atom is -0.314 e. The second-order valence-electron chi connectivity index (χ2n) is 4.18. The maximum absolute atomic E-state index is 12.7. The molecule has 0 bridgehead atoms. The molecule has 8 heteroatoms. The van der Waals surface area contributed by atoms with Gasteiger partial charge in [-0.25, -0.2) is 0 Å². The van der Waals surface area contributed by atoms with E-state index in [4.69, 9.17) is 0 Å². The molecule has 0 atom stereocenters. The van der Waals surface area contributed by atoms with Crippen LogP contribution in [0.15, 0.2) is 36.5 Å². The highest BCUT2D eigenvalue weighted by Crippen LogP contribution is 2.37. The Morgan fingerprint density at radius 2 is 1.43 bits per heavy atom. The molecule has 21 heavy (non-hydrogen) atoms. The molecule has 0 saturated heterocycles. The molecule has 2 nitrogen and oxygen atoms in total. The van der Waals surface area contributed by atoms with Gasteiger partial charge >= 0.3 is 12.4 Å². The van der Waals surface area contributed by atoms with Crippen molar-refractivity contribution in [3.05, 3.63) is 53.3 Å². The third-order valence-corrected chi connectivity index (χ3v) is 2.75. The van der Waals surface area contributed by atoms with Crippen LogP contribution in [0.25, 0.3) is 5.69 Å². The van der Waals surface area contributed by atoms with Crippen molar-refractivity contribution in [1.29, 1.82) is 0 Å². The Kier molecular flexibility index (Phi) is 3.56. The topological polar surface area (TPSA) is 22.0 Å². The Hall–Kier alpha value is -2.25. The van der Waals surface area contributed by atoms with Crippen LogP contribution < -0.4 is 0 Å². The predicted octanol–water partition coefficient (Wildman–Crippen LogP) is 4.33. The first-order valence-corrected chi connectivity index (χ1v) is 5.55. The number of aldehydes is 1. The Labute approximate surface area is 114 Å². The number of benzene rings is 1. The van der Waals surface area contributed by atoms with E-state index in [0.717, 1.165) is 4.57 Å². The normalized spacial score (nSPS) is 12.5. The van der Waals surface area contributed by atoms with Crippen molar-refractivity contribution in [3.8, 4) is 5.69 Å². The molecule has 112 valence electrons. The molecule has 0 saturated carbocycles. The third-order valence-electron chi connectivity index (χ3n) is 2.75. The summed E-state index contributed by atoms with van der Waals surface area (Å²) < 4.78 is 77.2. The van der Waals surface area contributed by atoms with Gasteiger partial charge in [0.05, 0.1) is 16.8 Å². The predicted molar refractivity (Wildman–Crippen MR) is 61.2 cm³/mol. The summed E-state index contributed by atoms with van der Waals surface area (Å²) in [6.45, 7) is 0. The molecule has 0 aliphatic carbocycles. The minimum atomic E-state index is -4.93. The largest absolute Gasteiger partial charge is 0.416 e. The van der Waals surface area contributed by atoms with E-state index in [2.05, 4.69) is 0 Å². The summed E-state index contributed by atoms with van der Waals surface area (Å²) in [5.74, 6) is 0. The van der Waals surface area contributed by atoms with E-state index >= 15 is 0 Å². The number of carbonyl (C=O) groups is 1. The van der Waals surface area contributed by atoms with E-state index in [0.29, 0.717) is 18.4 Å².